The minimum Gasteiger partial charge on any atom is -0.488 e. The van der Waals surface area contributed by atoms with Crippen molar-refractivity contribution >= 4 is 11.8 Å². The molecule has 3 rings (SSSR count). The molecule has 26 heavy (non-hydrogen) atoms. The zero-order chi connectivity index (χ0) is 18.5. The van der Waals surface area contributed by atoms with Gasteiger partial charge in [0.2, 0.25) is 11.8 Å². The van der Waals surface area contributed by atoms with Crippen molar-refractivity contribution in [3.63, 3.8) is 0 Å². The lowest BCUT2D eigenvalue weighted by molar-refractivity contribution is -0.146. The topological polar surface area (TPSA) is 59.1 Å². The van der Waals surface area contributed by atoms with Crippen molar-refractivity contribution in [1.82, 2.24) is 9.80 Å². The number of rotatable bonds is 5. The number of morpholine rings is 1. The molecule has 0 aliphatic carbocycles. The predicted molar refractivity (Wildman–Crippen MR) is 97.8 cm³/mol. The third-order valence-electron chi connectivity index (χ3n) is 4.82. The van der Waals surface area contributed by atoms with Gasteiger partial charge in [0, 0.05) is 25.9 Å². The van der Waals surface area contributed by atoms with Crippen LogP contribution in [0.4, 0.5) is 0 Å². The fourth-order valence-corrected chi connectivity index (χ4v) is 3.55. The van der Waals surface area contributed by atoms with E-state index in [2.05, 4.69) is 0 Å². The second kappa shape index (κ2) is 8.54. The maximum absolute atomic E-state index is 13.0. The molecule has 2 amide bonds. The van der Waals surface area contributed by atoms with E-state index in [9.17, 15) is 9.59 Å². The zero-order valence-corrected chi connectivity index (χ0v) is 15.6. The molecular weight excluding hydrogens is 332 g/mol. The normalized spacial score (nSPS) is 23.3. The Morgan fingerprint density at radius 2 is 1.88 bits per heavy atom. The van der Waals surface area contributed by atoms with Gasteiger partial charge in [0.15, 0.2) is 0 Å². The molecule has 1 aromatic carbocycles. The maximum atomic E-state index is 13.0. The van der Waals surface area contributed by atoms with Crippen LogP contribution in [0.5, 0.6) is 5.75 Å². The minimum absolute atomic E-state index is 0.0181. The largest absolute Gasteiger partial charge is 0.488 e. The van der Waals surface area contributed by atoms with Crippen LogP contribution in [0.3, 0.4) is 0 Å². The lowest BCUT2D eigenvalue weighted by Crippen LogP contribution is -2.51. The minimum atomic E-state index is -0.437. The summed E-state index contributed by atoms with van der Waals surface area (Å²) in [5, 5.41) is 0. The third kappa shape index (κ3) is 4.55. The van der Waals surface area contributed by atoms with Crippen LogP contribution in [0.25, 0.3) is 0 Å². The average molecular weight is 360 g/mol. The molecule has 2 aliphatic heterocycles. The summed E-state index contributed by atoms with van der Waals surface area (Å²) in [5.41, 5.74) is 0. The van der Waals surface area contributed by atoms with Crippen molar-refractivity contribution in [2.24, 2.45) is 5.92 Å². The molecule has 6 heteroatoms. The van der Waals surface area contributed by atoms with Gasteiger partial charge >= 0.3 is 0 Å². The number of likely N-dealkylation sites (tertiary alicyclic amines) is 1. The van der Waals surface area contributed by atoms with Crippen molar-refractivity contribution in [3.8, 4) is 5.75 Å². The summed E-state index contributed by atoms with van der Waals surface area (Å²) in [5.74, 6) is 1.08. The highest BCUT2D eigenvalue weighted by Crippen LogP contribution is 2.26. The van der Waals surface area contributed by atoms with E-state index < -0.39 is 6.04 Å². The van der Waals surface area contributed by atoms with Crippen LogP contribution in [0.1, 0.15) is 26.7 Å². The summed E-state index contributed by atoms with van der Waals surface area (Å²) in [7, 11) is 0. The first-order valence-electron chi connectivity index (χ1n) is 9.42. The lowest BCUT2D eigenvalue weighted by Gasteiger charge is -2.32. The quantitative estimate of drug-likeness (QED) is 0.805. The van der Waals surface area contributed by atoms with Gasteiger partial charge in [-0.3, -0.25) is 9.59 Å². The molecule has 142 valence electrons. The van der Waals surface area contributed by atoms with Crippen LogP contribution in [0.15, 0.2) is 30.3 Å². The van der Waals surface area contributed by atoms with E-state index in [1.54, 1.807) is 4.90 Å². The van der Waals surface area contributed by atoms with E-state index in [1.165, 1.54) is 0 Å². The number of nitrogens with zero attached hydrogens (tertiary/aromatic N) is 2. The summed E-state index contributed by atoms with van der Waals surface area (Å²) < 4.78 is 11.4. The van der Waals surface area contributed by atoms with E-state index in [0.29, 0.717) is 45.7 Å². The summed E-state index contributed by atoms with van der Waals surface area (Å²) in [6.07, 6.45) is 0.823. The molecule has 0 aromatic heterocycles. The van der Waals surface area contributed by atoms with Gasteiger partial charge in [0.25, 0.3) is 0 Å². The molecule has 0 saturated carbocycles. The van der Waals surface area contributed by atoms with E-state index in [1.807, 2.05) is 49.1 Å². The van der Waals surface area contributed by atoms with Gasteiger partial charge in [-0.1, -0.05) is 32.0 Å². The Kier molecular flexibility index (Phi) is 6.14. The number of hydrogen-bond acceptors (Lipinski definition) is 4. The van der Waals surface area contributed by atoms with Gasteiger partial charge in [0.1, 0.15) is 17.9 Å². The van der Waals surface area contributed by atoms with Gasteiger partial charge < -0.3 is 19.3 Å². The number of amides is 2. The van der Waals surface area contributed by atoms with Gasteiger partial charge in [-0.25, -0.2) is 0 Å². The number of ether oxygens (including phenoxy) is 2. The first-order chi connectivity index (χ1) is 12.5. The van der Waals surface area contributed by atoms with Crippen molar-refractivity contribution < 1.29 is 19.1 Å². The Labute approximate surface area is 155 Å². The summed E-state index contributed by atoms with van der Waals surface area (Å²) in [4.78, 5) is 29.3. The molecule has 0 unspecified atom stereocenters. The standard InChI is InChI=1S/C20H28N2O4/c1-15(2)12-19(23)22-14-17(26-16-6-4-3-5-7-16)13-18(22)20(24)21-8-10-25-11-9-21/h3-7,15,17-18H,8-14H2,1-2H3/t17-,18-/m0/s1. The SMILES string of the molecule is CC(C)CC(=O)N1C[C@@H](Oc2ccccc2)C[C@H]1C(=O)N1CCOCC1. The zero-order valence-electron chi connectivity index (χ0n) is 15.6. The van der Waals surface area contributed by atoms with Crippen LogP contribution < -0.4 is 4.74 Å². The Hall–Kier alpha value is -2.08. The summed E-state index contributed by atoms with van der Waals surface area (Å²) in [6.45, 7) is 6.79. The predicted octanol–water partition coefficient (Wildman–Crippen LogP) is 1.94. The van der Waals surface area contributed by atoms with Gasteiger partial charge in [-0.2, -0.15) is 0 Å². The highest BCUT2D eigenvalue weighted by Gasteiger charge is 2.42. The van der Waals surface area contributed by atoms with Crippen molar-refractivity contribution in [3.05, 3.63) is 30.3 Å². The van der Waals surface area contributed by atoms with Gasteiger partial charge in [-0.15, -0.1) is 0 Å². The molecule has 2 saturated heterocycles. The second-order valence-electron chi connectivity index (χ2n) is 7.39. The summed E-state index contributed by atoms with van der Waals surface area (Å²) in [6, 6.07) is 9.14. The smallest absolute Gasteiger partial charge is 0.245 e. The fraction of sp³-hybridized carbons (Fsp3) is 0.600. The fourth-order valence-electron chi connectivity index (χ4n) is 3.55. The Bertz CT molecular complexity index is 613. The maximum Gasteiger partial charge on any atom is 0.245 e. The van der Waals surface area contributed by atoms with Gasteiger partial charge in [0.05, 0.1) is 19.8 Å². The Morgan fingerprint density at radius 3 is 2.54 bits per heavy atom. The first kappa shape index (κ1) is 18.7. The van der Waals surface area contributed by atoms with Gasteiger partial charge in [-0.05, 0) is 18.1 Å². The number of benzene rings is 1. The molecule has 2 atom stereocenters. The molecule has 0 N–H and O–H groups in total. The molecule has 2 heterocycles. The number of carbonyl (C=O) groups is 2. The first-order valence-corrected chi connectivity index (χ1v) is 9.42. The summed E-state index contributed by atoms with van der Waals surface area (Å²) >= 11 is 0. The van der Waals surface area contributed by atoms with Crippen LogP contribution in [0.2, 0.25) is 0 Å². The Balaban J connectivity index is 1.72. The molecule has 0 bridgehead atoms. The highest BCUT2D eigenvalue weighted by molar-refractivity contribution is 5.88. The third-order valence-corrected chi connectivity index (χ3v) is 4.82. The number of carbonyl (C=O) groups excluding carboxylic acids is 2. The molecule has 6 nitrogen and oxygen atoms in total. The second-order valence-corrected chi connectivity index (χ2v) is 7.39. The van der Waals surface area contributed by atoms with Crippen LogP contribution in [-0.2, 0) is 14.3 Å². The van der Waals surface area contributed by atoms with E-state index in [-0.39, 0.29) is 23.8 Å². The van der Waals surface area contributed by atoms with E-state index in [4.69, 9.17) is 9.47 Å². The van der Waals surface area contributed by atoms with E-state index >= 15 is 0 Å². The van der Waals surface area contributed by atoms with Crippen molar-refractivity contribution in [2.45, 2.75) is 38.8 Å². The van der Waals surface area contributed by atoms with Crippen LogP contribution >= 0.6 is 0 Å². The Morgan fingerprint density at radius 1 is 1.19 bits per heavy atom. The van der Waals surface area contributed by atoms with Crippen molar-refractivity contribution in [1.29, 1.82) is 0 Å². The molecule has 1 aromatic rings. The lowest BCUT2D eigenvalue weighted by atomic mass is 10.1. The monoisotopic (exact) mass is 360 g/mol. The molecular formula is C20H28N2O4. The number of hydrogen-bond donors (Lipinski definition) is 0. The van der Waals surface area contributed by atoms with Crippen molar-refractivity contribution in [2.75, 3.05) is 32.8 Å². The van der Waals surface area contributed by atoms with Crippen LogP contribution in [-0.4, -0.2) is 66.6 Å². The number of para-hydroxylation sites is 1. The molecule has 2 aliphatic rings. The van der Waals surface area contributed by atoms with E-state index in [0.717, 1.165) is 5.75 Å². The highest BCUT2D eigenvalue weighted by atomic mass is 16.5. The molecule has 2 fully saturated rings. The van der Waals surface area contributed by atoms with Crippen LogP contribution in [0, 0.1) is 5.92 Å². The average Bonchev–Trinajstić information content (AvgIpc) is 3.06. The molecule has 0 spiro atoms. The molecule has 0 radical (unpaired) electrons.